The molecule has 0 radical (unpaired) electrons. The van der Waals surface area contributed by atoms with Crippen LogP contribution in [0.4, 0.5) is 0 Å². The van der Waals surface area contributed by atoms with Gasteiger partial charge in [-0.2, -0.15) is 5.10 Å². The van der Waals surface area contributed by atoms with Gasteiger partial charge in [-0.15, -0.1) is 0 Å². The number of hydrogen-bond donors (Lipinski definition) is 1. The SMILES string of the molecule is COC(=O)c1c(C)nn2c1ncc1c(=O)n(CCC(=O)O)ccc12. The van der Waals surface area contributed by atoms with E-state index < -0.39 is 11.9 Å². The average Bonchev–Trinajstić information content (AvgIpc) is 2.89. The Kier molecular flexibility index (Phi) is 3.76. The summed E-state index contributed by atoms with van der Waals surface area (Å²) in [5.41, 5.74) is 1.10. The molecule has 0 amide bonds. The molecule has 0 unspecified atom stereocenters. The van der Waals surface area contributed by atoms with Crippen molar-refractivity contribution in [3.8, 4) is 0 Å². The Morgan fingerprint density at radius 1 is 1.38 bits per heavy atom. The summed E-state index contributed by atoms with van der Waals surface area (Å²) in [7, 11) is 1.27. The van der Waals surface area contributed by atoms with Gasteiger partial charge in [-0.25, -0.2) is 14.3 Å². The zero-order chi connectivity index (χ0) is 17.4. The van der Waals surface area contributed by atoms with Crippen LogP contribution in [0.2, 0.25) is 0 Å². The number of hydrogen-bond acceptors (Lipinski definition) is 6. The van der Waals surface area contributed by atoms with E-state index in [1.807, 2.05) is 0 Å². The first-order valence-electron chi connectivity index (χ1n) is 7.11. The van der Waals surface area contributed by atoms with Crippen molar-refractivity contribution in [1.82, 2.24) is 19.2 Å². The van der Waals surface area contributed by atoms with Gasteiger partial charge in [0.25, 0.3) is 5.56 Å². The van der Waals surface area contributed by atoms with Gasteiger partial charge in [0.1, 0.15) is 5.56 Å². The van der Waals surface area contributed by atoms with Crippen LogP contribution in [0.15, 0.2) is 23.3 Å². The fourth-order valence-electron chi connectivity index (χ4n) is 2.55. The molecule has 24 heavy (non-hydrogen) atoms. The molecule has 3 aromatic heterocycles. The van der Waals surface area contributed by atoms with Gasteiger partial charge in [0.05, 0.1) is 30.1 Å². The third-order valence-corrected chi connectivity index (χ3v) is 3.72. The lowest BCUT2D eigenvalue weighted by atomic mass is 10.2. The third kappa shape index (κ3) is 2.39. The number of aromatic nitrogens is 4. The Labute approximate surface area is 135 Å². The van der Waals surface area contributed by atoms with Crippen LogP contribution in [0.3, 0.4) is 0 Å². The molecule has 0 bridgehead atoms. The molecule has 9 heteroatoms. The second-order valence-electron chi connectivity index (χ2n) is 5.20. The molecular formula is C15H14N4O5. The van der Waals surface area contributed by atoms with Gasteiger partial charge in [-0.3, -0.25) is 9.59 Å². The fraction of sp³-hybridized carbons (Fsp3) is 0.267. The molecule has 9 nitrogen and oxygen atoms in total. The first-order chi connectivity index (χ1) is 11.4. The van der Waals surface area contributed by atoms with Crippen molar-refractivity contribution in [2.75, 3.05) is 7.11 Å². The molecule has 0 atom stereocenters. The molecule has 124 valence electrons. The zero-order valence-corrected chi connectivity index (χ0v) is 13.0. The predicted octanol–water partition coefficient (Wildman–Crippen LogP) is 0.614. The zero-order valence-electron chi connectivity index (χ0n) is 13.0. The number of ether oxygens (including phenoxy) is 1. The van der Waals surface area contributed by atoms with Gasteiger partial charge in [-0.05, 0) is 13.0 Å². The Bertz CT molecular complexity index is 1030. The Morgan fingerprint density at radius 2 is 2.12 bits per heavy atom. The minimum atomic E-state index is -0.985. The summed E-state index contributed by atoms with van der Waals surface area (Å²) < 4.78 is 7.46. The third-order valence-electron chi connectivity index (χ3n) is 3.72. The fourth-order valence-corrected chi connectivity index (χ4v) is 2.55. The summed E-state index contributed by atoms with van der Waals surface area (Å²) in [5, 5.41) is 13.3. The molecule has 1 N–H and O–H groups in total. The number of carboxylic acid groups (broad SMARTS) is 1. The lowest BCUT2D eigenvalue weighted by Crippen LogP contribution is -2.21. The minimum absolute atomic E-state index is 0.0632. The number of esters is 1. The quantitative estimate of drug-likeness (QED) is 0.697. The molecule has 0 fully saturated rings. The van der Waals surface area contributed by atoms with Crippen LogP contribution in [-0.2, 0) is 16.1 Å². The van der Waals surface area contributed by atoms with Crippen molar-refractivity contribution in [2.45, 2.75) is 19.9 Å². The maximum atomic E-state index is 12.5. The van der Waals surface area contributed by atoms with Crippen molar-refractivity contribution in [3.05, 3.63) is 40.1 Å². The topological polar surface area (TPSA) is 116 Å². The highest BCUT2D eigenvalue weighted by molar-refractivity contribution is 5.98. The maximum Gasteiger partial charge on any atom is 0.343 e. The van der Waals surface area contributed by atoms with E-state index in [1.165, 1.54) is 28.6 Å². The summed E-state index contributed by atoms with van der Waals surface area (Å²) in [5.74, 6) is -1.54. The second kappa shape index (κ2) is 5.76. The number of carboxylic acids is 1. The molecular weight excluding hydrogens is 316 g/mol. The molecule has 3 aromatic rings. The number of nitrogens with zero attached hydrogens (tertiary/aromatic N) is 4. The Morgan fingerprint density at radius 3 is 2.79 bits per heavy atom. The van der Waals surface area contributed by atoms with Gasteiger partial charge in [0.2, 0.25) is 0 Å². The average molecular weight is 330 g/mol. The number of methoxy groups -OCH3 is 1. The Balaban J connectivity index is 2.23. The maximum absolute atomic E-state index is 12.5. The molecule has 3 heterocycles. The van der Waals surface area contributed by atoms with E-state index in [0.29, 0.717) is 16.9 Å². The van der Waals surface area contributed by atoms with Gasteiger partial charge < -0.3 is 14.4 Å². The number of rotatable bonds is 4. The number of pyridine rings is 1. The van der Waals surface area contributed by atoms with E-state index in [1.54, 1.807) is 13.0 Å². The van der Waals surface area contributed by atoms with Crippen LogP contribution in [0.1, 0.15) is 22.5 Å². The van der Waals surface area contributed by atoms with E-state index in [4.69, 9.17) is 9.84 Å². The van der Waals surface area contributed by atoms with Crippen LogP contribution >= 0.6 is 0 Å². The van der Waals surface area contributed by atoms with E-state index >= 15 is 0 Å². The monoisotopic (exact) mass is 330 g/mol. The van der Waals surface area contributed by atoms with Crippen molar-refractivity contribution in [2.24, 2.45) is 0 Å². The van der Waals surface area contributed by atoms with Gasteiger partial charge >= 0.3 is 11.9 Å². The highest BCUT2D eigenvalue weighted by Crippen LogP contribution is 2.18. The minimum Gasteiger partial charge on any atom is -0.481 e. The molecule has 0 saturated heterocycles. The number of aryl methyl sites for hydroxylation is 2. The van der Waals surface area contributed by atoms with Crippen molar-refractivity contribution < 1.29 is 19.4 Å². The lowest BCUT2D eigenvalue weighted by Gasteiger charge is -2.06. The lowest BCUT2D eigenvalue weighted by molar-refractivity contribution is -0.137. The second-order valence-corrected chi connectivity index (χ2v) is 5.20. The molecule has 0 aliphatic heterocycles. The molecule has 0 aliphatic carbocycles. The van der Waals surface area contributed by atoms with Gasteiger partial charge in [0.15, 0.2) is 5.65 Å². The van der Waals surface area contributed by atoms with Crippen LogP contribution < -0.4 is 5.56 Å². The van der Waals surface area contributed by atoms with Crippen LogP contribution in [0.25, 0.3) is 16.6 Å². The first-order valence-corrected chi connectivity index (χ1v) is 7.11. The smallest absolute Gasteiger partial charge is 0.343 e. The van der Waals surface area contributed by atoms with Gasteiger partial charge in [-0.1, -0.05) is 0 Å². The van der Waals surface area contributed by atoms with E-state index in [9.17, 15) is 14.4 Å². The van der Waals surface area contributed by atoms with Crippen molar-refractivity contribution >= 4 is 28.5 Å². The van der Waals surface area contributed by atoms with Crippen LogP contribution in [-0.4, -0.2) is 43.3 Å². The Hall–Kier alpha value is -3.23. The standard InChI is InChI=1S/C15H14N4O5/c1-8-12(15(23)24-2)13-16-7-9-10(19(13)17-8)3-5-18(14(9)22)6-4-11(20)21/h3,5,7H,4,6H2,1-2H3,(H,20,21). The van der Waals surface area contributed by atoms with E-state index in [-0.39, 0.29) is 29.5 Å². The van der Waals surface area contributed by atoms with Crippen molar-refractivity contribution in [3.63, 3.8) is 0 Å². The normalized spacial score (nSPS) is 11.1. The number of carbonyl (C=O) groups excluding carboxylic acids is 1. The molecule has 3 rings (SSSR count). The van der Waals surface area contributed by atoms with Gasteiger partial charge in [0, 0.05) is 18.9 Å². The van der Waals surface area contributed by atoms with E-state index in [0.717, 1.165) is 0 Å². The number of fused-ring (bicyclic) bond motifs is 3. The van der Waals surface area contributed by atoms with Crippen molar-refractivity contribution in [1.29, 1.82) is 0 Å². The largest absolute Gasteiger partial charge is 0.481 e. The molecule has 0 spiro atoms. The summed E-state index contributed by atoms with van der Waals surface area (Å²) in [6.07, 6.45) is 2.70. The summed E-state index contributed by atoms with van der Waals surface area (Å²) >= 11 is 0. The van der Waals surface area contributed by atoms with E-state index in [2.05, 4.69) is 10.1 Å². The highest BCUT2D eigenvalue weighted by Gasteiger charge is 2.20. The molecule has 0 aliphatic rings. The first kappa shape index (κ1) is 15.7. The predicted molar refractivity (Wildman–Crippen MR) is 83.1 cm³/mol. The number of carbonyl (C=O) groups is 2. The molecule has 0 saturated carbocycles. The number of aliphatic carboxylic acids is 1. The summed E-state index contributed by atoms with van der Waals surface area (Å²) in [6.45, 7) is 1.72. The van der Waals surface area contributed by atoms with Crippen LogP contribution in [0.5, 0.6) is 0 Å². The summed E-state index contributed by atoms with van der Waals surface area (Å²) in [6, 6.07) is 1.64. The molecule has 0 aromatic carbocycles. The highest BCUT2D eigenvalue weighted by atomic mass is 16.5. The summed E-state index contributed by atoms with van der Waals surface area (Å²) in [4.78, 5) is 39.2. The van der Waals surface area contributed by atoms with Crippen LogP contribution in [0, 0.1) is 6.92 Å².